The number of nitrogens with zero attached hydrogens (tertiary/aromatic N) is 1. The van der Waals surface area contributed by atoms with Crippen LogP contribution in [0.5, 0.6) is 0 Å². The standard InChI is InChI=1S/C14H24N2O4/c1-20-5-4-16-9-11(7-13(16)18)14(19)15-8-10-2-3-12(17)6-10/h10-12,17H,2-9H2,1H3,(H,15,19). The van der Waals surface area contributed by atoms with Gasteiger partial charge >= 0.3 is 0 Å². The number of rotatable bonds is 6. The van der Waals surface area contributed by atoms with Crippen LogP contribution in [0.1, 0.15) is 25.7 Å². The van der Waals surface area contributed by atoms with Gasteiger partial charge in [-0.05, 0) is 25.2 Å². The van der Waals surface area contributed by atoms with E-state index in [1.165, 1.54) is 0 Å². The molecule has 0 aromatic rings. The zero-order chi connectivity index (χ0) is 14.5. The van der Waals surface area contributed by atoms with E-state index in [1.807, 2.05) is 0 Å². The number of carbonyl (C=O) groups is 2. The Hall–Kier alpha value is -1.14. The Morgan fingerprint density at radius 3 is 2.95 bits per heavy atom. The molecule has 3 unspecified atom stereocenters. The Balaban J connectivity index is 1.72. The predicted octanol–water partition coefficient (Wildman–Crippen LogP) is -0.241. The predicted molar refractivity (Wildman–Crippen MR) is 72.9 cm³/mol. The molecule has 6 heteroatoms. The molecule has 0 spiro atoms. The maximum Gasteiger partial charge on any atom is 0.225 e. The van der Waals surface area contributed by atoms with E-state index in [0.29, 0.717) is 38.6 Å². The van der Waals surface area contributed by atoms with Crippen LogP contribution in [0.3, 0.4) is 0 Å². The minimum absolute atomic E-state index is 0.0264. The first kappa shape index (κ1) is 15.3. The lowest BCUT2D eigenvalue weighted by Crippen LogP contribution is -2.36. The summed E-state index contributed by atoms with van der Waals surface area (Å²) < 4.78 is 4.95. The molecule has 1 aliphatic carbocycles. The summed E-state index contributed by atoms with van der Waals surface area (Å²) in [4.78, 5) is 25.5. The van der Waals surface area contributed by atoms with Crippen molar-refractivity contribution in [3.8, 4) is 0 Å². The van der Waals surface area contributed by atoms with E-state index >= 15 is 0 Å². The summed E-state index contributed by atoms with van der Waals surface area (Å²) in [5.41, 5.74) is 0. The minimum atomic E-state index is -0.245. The fraction of sp³-hybridized carbons (Fsp3) is 0.857. The van der Waals surface area contributed by atoms with Crippen LogP contribution in [0.15, 0.2) is 0 Å². The van der Waals surface area contributed by atoms with E-state index in [-0.39, 0.29) is 23.8 Å². The zero-order valence-corrected chi connectivity index (χ0v) is 12.0. The Kier molecular flexibility index (Phi) is 5.37. The fourth-order valence-electron chi connectivity index (χ4n) is 2.99. The lowest BCUT2D eigenvalue weighted by atomic mass is 10.1. The summed E-state index contributed by atoms with van der Waals surface area (Å²) in [7, 11) is 1.60. The highest BCUT2D eigenvalue weighted by molar-refractivity contribution is 5.89. The van der Waals surface area contributed by atoms with Crippen LogP contribution in [-0.4, -0.2) is 61.3 Å². The number of amides is 2. The number of nitrogens with one attached hydrogen (secondary N) is 1. The molecule has 2 N–H and O–H groups in total. The molecule has 0 radical (unpaired) electrons. The second kappa shape index (κ2) is 7.04. The van der Waals surface area contributed by atoms with Crippen LogP contribution >= 0.6 is 0 Å². The van der Waals surface area contributed by atoms with Gasteiger partial charge in [-0.15, -0.1) is 0 Å². The Bertz CT molecular complexity index is 361. The second-order valence-electron chi connectivity index (χ2n) is 5.81. The van der Waals surface area contributed by atoms with Gasteiger partial charge in [0.25, 0.3) is 0 Å². The van der Waals surface area contributed by atoms with Gasteiger partial charge in [0.15, 0.2) is 0 Å². The van der Waals surface area contributed by atoms with Crippen LogP contribution < -0.4 is 5.32 Å². The minimum Gasteiger partial charge on any atom is -0.393 e. The van der Waals surface area contributed by atoms with Gasteiger partial charge in [-0.3, -0.25) is 9.59 Å². The molecular formula is C14H24N2O4. The summed E-state index contributed by atoms with van der Waals surface area (Å²) in [6.45, 7) is 2.15. The number of carbonyl (C=O) groups excluding carboxylic acids is 2. The summed E-state index contributed by atoms with van der Waals surface area (Å²) in [6.07, 6.45) is 2.64. The van der Waals surface area contributed by atoms with Crippen molar-refractivity contribution in [1.29, 1.82) is 0 Å². The molecule has 3 atom stereocenters. The quantitative estimate of drug-likeness (QED) is 0.705. The average Bonchev–Trinajstić information content (AvgIpc) is 3.00. The van der Waals surface area contributed by atoms with Gasteiger partial charge < -0.3 is 20.1 Å². The molecule has 1 heterocycles. The highest BCUT2D eigenvalue weighted by atomic mass is 16.5. The second-order valence-corrected chi connectivity index (χ2v) is 5.81. The van der Waals surface area contributed by atoms with Crippen molar-refractivity contribution in [1.82, 2.24) is 10.2 Å². The summed E-state index contributed by atoms with van der Waals surface area (Å²) in [5.74, 6) is 0.111. The number of hydrogen-bond donors (Lipinski definition) is 2. The van der Waals surface area contributed by atoms with E-state index in [9.17, 15) is 14.7 Å². The molecule has 0 aromatic carbocycles. The maximum atomic E-state index is 12.1. The topological polar surface area (TPSA) is 78.9 Å². The molecule has 0 bridgehead atoms. The number of methoxy groups -OCH3 is 1. The van der Waals surface area contributed by atoms with Gasteiger partial charge in [0.2, 0.25) is 11.8 Å². The molecule has 1 aliphatic heterocycles. The molecule has 2 fully saturated rings. The van der Waals surface area contributed by atoms with Crippen LogP contribution in [0.2, 0.25) is 0 Å². The molecule has 114 valence electrons. The van der Waals surface area contributed by atoms with Gasteiger partial charge in [0.05, 0.1) is 18.6 Å². The molecule has 2 aliphatic rings. The van der Waals surface area contributed by atoms with E-state index < -0.39 is 0 Å². The third-order valence-corrected chi connectivity index (χ3v) is 4.23. The number of hydrogen-bond acceptors (Lipinski definition) is 4. The van der Waals surface area contributed by atoms with Crippen molar-refractivity contribution < 1.29 is 19.4 Å². The maximum absolute atomic E-state index is 12.1. The Morgan fingerprint density at radius 2 is 2.30 bits per heavy atom. The lowest BCUT2D eigenvalue weighted by Gasteiger charge is -2.16. The molecule has 6 nitrogen and oxygen atoms in total. The SMILES string of the molecule is COCCN1CC(C(=O)NCC2CCC(O)C2)CC1=O. The van der Waals surface area contributed by atoms with Gasteiger partial charge in [0, 0.05) is 33.2 Å². The van der Waals surface area contributed by atoms with Crippen molar-refractivity contribution in [2.24, 2.45) is 11.8 Å². The van der Waals surface area contributed by atoms with Crippen molar-refractivity contribution in [3.63, 3.8) is 0 Å². The average molecular weight is 284 g/mol. The molecule has 20 heavy (non-hydrogen) atoms. The Labute approximate surface area is 119 Å². The molecule has 1 saturated carbocycles. The highest BCUT2D eigenvalue weighted by Gasteiger charge is 2.34. The molecule has 1 saturated heterocycles. The largest absolute Gasteiger partial charge is 0.393 e. The smallest absolute Gasteiger partial charge is 0.225 e. The lowest BCUT2D eigenvalue weighted by molar-refractivity contribution is -0.129. The van der Waals surface area contributed by atoms with Crippen molar-refractivity contribution >= 4 is 11.8 Å². The van der Waals surface area contributed by atoms with Crippen LogP contribution in [0.25, 0.3) is 0 Å². The summed E-state index contributed by atoms with van der Waals surface area (Å²) in [6, 6.07) is 0. The van der Waals surface area contributed by atoms with Gasteiger partial charge in [-0.1, -0.05) is 0 Å². The van der Waals surface area contributed by atoms with E-state index in [4.69, 9.17) is 4.74 Å². The van der Waals surface area contributed by atoms with E-state index in [2.05, 4.69) is 5.32 Å². The normalized spacial score (nSPS) is 30.0. The number of ether oxygens (including phenoxy) is 1. The van der Waals surface area contributed by atoms with Crippen LogP contribution in [0, 0.1) is 11.8 Å². The van der Waals surface area contributed by atoms with Crippen molar-refractivity contribution in [3.05, 3.63) is 0 Å². The molecular weight excluding hydrogens is 260 g/mol. The first-order chi connectivity index (χ1) is 9.60. The third kappa shape index (κ3) is 3.93. The summed E-state index contributed by atoms with van der Waals surface area (Å²) in [5, 5.41) is 12.4. The Morgan fingerprint density at radius 1 is 1.50 bits per heavy atom. The first-order valence-corrected chi connectivity index (χ1v) is 7.32. The monoisotopic (exact) mass is 284 g/mol. The van der Waals surface area contributed by atoms with Gasteiger partial charge in [-0.2, -0.15) is 0 Å². The van der Waals surface area contributed by atoms with Gasteiger partial charge in [-0.25, -0.2) is 0 Å². The van der Waals surface area contributed by atoms with Crippen LogP contribution in [-0.2, 0) is 14.3 Å². The van der Waals surface area contributed by atoms with Crippen molar-refractivity contribution in [2.45, 2.75) is 31.8 Å². The number of aliphatic hydroxyl groups excluding tert-OH is 1. The first-order valence-electron chi connectivity index (χ1n) is 7.32. The number of likely N-dealkylation sites (tertiary alicyclic amines) is 1. The third-order valence-electron chi connectivity index (χ3n) is 4.23. The number of aliphatic hydroxyl groups is 1. The van der Waals surface area contributed by atoms with Crippen LogP contribution in [0.4, 0.5) is 0 Å². The summed E-state index contributed by atoms with van der Waals surface area (Å²) >= 11 is 0. The zero-order valence-electron chi connectivity index (χ0n) is 12.0. The fourth-order valence-corrected chi connectivity index (χ4v) is 2.99. The van der Waals surface area contributed by atoms with Crippen molar-refractivity contribution in [2.75, 3.05) is 33.4 Å². The molecule has 2 rings (SSSR count). The highest BCUT2D eigenvalue weighted by Crippen LogP contribution is 2.25. The molecule has 0 aromatic heterocycles. The van der Waals surface area contributed by atoms with E-state index in [1.54, 1.807) is 12.0 Å². The molecule has 2 amide bonds. The van der Waals surface area contributed by atoms with E-state index in [0.717, 1.165) is 19.3 Å². The van der Waals surface area contributed by atoms with Gasteiger partial charge in [0.1, 0.15) is 0 Å².